The molecule has 0 spiro atoms. The minimum atomic E-state index is 0.422. The summed E-state index contributed by atoms with van der Waals surface area (Å²) in [4.78, 5) is 55.1. The predicted molar refractivity (Wildman–Crippen MR) is 505 cm³/mol. The van der Waals surface area contributed by atoms with Crippen LogP contribution < -0.4 is 0 Å². The number of nitrogens with zero attached hydrogens (tertiary/aromatic N) is 14. The van der Waals surface area contributed by atoms with E-state index < -0.39 is 0 Å². The Morgan fingerprint density at radius 1 is 0.183 bits per heavy atom. The number of rotatable bonds is 20. The highest BCUT2D eigenvalue weighted by Gasteiger charge is 2.15. The molecule has 0 saturated heterocycles. The van der Waals surface area contributed by atoms with Crippen LogP contribution in [0.2, 0.25) is 0 Å². The summed E-state index contributed by atoms with van der Waals surface area (Å²) in [5.74, 6) is 13.6. The van der Waals surface area contributed by atoms with Gasteiger partial charge in [0, 0.05) is 147 Å². The van der Waals surface area contributed by atoms with E-state index in [1.807, 2.05) is 84.6 Å². The summed E-state index contributed by atoms with van der Waals surface area (Å²) in [5.41, 5.74) is 11.1. The smallest absolute Gasteiger partial charge is 0.130 e. The predicted octanol–water partition coefficient (Wildman–Crippen LogP) is 31.2. The highest BCUT2D eigenvalue weighted by Crippen LogP contribution is 2.30. The normalized spacial score (nSPS) is 11.3. The molecular weight excluding hydrogens is 1510 g/mol. The molecule has 0 aromatic carbocycles. The van der Waals surface area contributed by atoms with Gasteiger partial charge in [0.1, 0.15) is 27.5 Å². The van der Waals surface area contributed by atoms with Crippen LogP contribution in [0.25, 0.3) is 0 Å². The van der Waals surface area contributed by atoms with Crippen molar-refractivity contribution < 1.29 is 0 Å². The number of aromatic nitrogens is 14. The molecule has 0 amide bonds. The van der Waals surface area contributed by atoms with Gasteiger partial charge in [0.25, 0.3) is 0 Å². The molecule has 0 aliphatic heterocycles. The third-order valence-electron chi connectivity index (χ3n) is 17.7. The Morgan fingerprint density at radius 2 is 0.417 bits per heavy atom. The molecule has 0 radical (unpaired) electrons. The molecule has 0 atom stereocenters. The molecule has 640 valence electrons. The fraction of sp³-hybridized carbons (Fsp3) is 0.625. The lowest BCUT2D eigenvalue weighted by atomic mass is 10.0. The molecule has 0 fully saturated rings. The van der Waals surface area contributed by atoms with Gasteiger partial charge in [0.15, 0.2) is 0 Å². The van der Waals surface area contributed by atoms with Gasteiger partial charge in [0.05, 0.1) is 31.4 Å². The Labute approximate surface area is 721 Å². The zero-order valence-electron chi connectivity index (χ0n) is 79.1. The molecule has 10 rings (SSSR count). The standard InChI is InChI=1S/2C11H17N.3C10H16N2.4C9H15NS.C8H14N2S/c2*1-8(2)10-5-6-11(9(3)4)12-7-10;3*1-7(2)9-5-11-10(8(3)4)12-6-9;2*1-6(2)8-5-11-9(10-8)7(3)4;2*1-6(2)8-5-10-9(11-8)7(3)4;1-5(2)7-9-10-8(11-7)6(3)4/h2*5-9H,1-4H3;3*5-8H,1-4H3;4*5-7H,1-4H3;5-6H,1-4H3. The first-order chi connectivity index (χ1) is 53.6. The largest absolute Gasteiger partial charge is 0.261 e. The van der Waals surface area contributed by atoms with Crippen LogP contribution in [0.3, 0.4) is 0 Å². The second kappa shape index (κ2) is 55.4. The summed E-state index contributed by atoms with van der Waals surface area (Å²) in [7, 11) is 0. The second-order valence-corrected chi connectivity index (χ2v) is 40.7. The van der Waals surface area contributed by atoms with Gasteiger partial charge in [-0.05, 0) is 105 Å². The first kappa shape index (κ1) is 107. The van der Waals surface area contributed by atoms with Crippen LogP contribution in [0.4, 0.5) is 0 Å². The van der Waals surface area contributed by atoms with Crippen molar-refractivity contribution in [1.82, 2.24) is 70.0 Å². The Bertz CT molecular complexity index is 3210. The van der Waals surface area contributed by atoms with Crippen LogP contribution in [0.1, 0.15) is 503 Å². The Kier molecular flexibility index (Phi) is 51.4. The van der Waals surface area contributed by atoms with Crippen LogP contribution >= 0.6 is 56.7 Å². The number of thiazole rings is 4. The maximum absolute atomic E-state index is 4.53. The highest BCUT2D eigenvalue weighted by atomic mass is 32.1. The maximum Gasteiger partial charge on any atom is 0.130 e. The number of pyridine rings is 2. The molecule has 115 heavy (non-hydrogen) atoms. The second-order valence-electron chi connectivity index (χ2n) is 35.7. The molecule has 10 heterocycles. The van der Waals surface area contributed by atoms with Crippen molar-refractivity contribution in [3.05, 3.63) is 205 Å². The van der Waals surface area contributed by atoms with Gasteiger partial charge >= 0.3 is 0 Å². The SMILES string of the molecule is CC(C)c1ccc(C(C)C)nc1.CC(C)c1ccc(C(C)C)nc1.CC(C)c1cnc(C(C)C)nc1.CC(C)c1cnc(C(C)C)nc1.CC(C)c1cnc(C(C)C)nc1.CC(C)c1cnc(C(C)C)s1.CC(C)c1cnc(C(C)C)s1.CC(C)c1csc(C(C)C)n1.CC(C)c1csc(C(C)C)n1.CC(C)c1nnc(C(C)C)s1. The van der Waals surface area contributed by atoms with Crippen molar-refractivity contribution in [3.63, 3.8) is 0 Å². The minimum Gasteiger partial charge on any atom is -0.261 e. The van der Waals surface area contributed by atoms with E-state index in [1.54, 1.807) is 34.0 Å². The van der Waals surface area contributed by atoms with E-state index in [-0.39, 0.29) is 0 Å². The van der Waals surface area contributed by atoms with Crippen LogP contribution in [-0.2, 0) is 0 Å². The molecule has 0 N–H and O–H groups in total. The van der Waals surface area contributed by atoms with E-state index in [1.165, 1.54) is 80.4 Å². The Morgan fingerprint density at radius 3 is 0.557 bits per heavy atom. The van der Waals surface area contributed by atoms with Gasteiger partial charge < -0.3 is 0 Å². The monoisotopic (exact) mass is 1670 g/mol. The van der Waals surface area contributed by atoms with Gasteiger partial charge in [-0.2, -0.15) is 0 Å². The summed E-state index contributed by atoms with van der Waals surface area (Å²) in [6.07, 6.45) is 19.5. The Hall–Kier alpha value is -6.38. The molecule has 0 unspecified atom stereocenters. The molecule has 10 aromatic heterocycles. The van der Waals surface area contributed by atoms with Crippen molar-refractivity contribution in [3.8, 4) is 0 Å². The van der Waals surface area contributed by atoms with Crippen LogP contribution in [0.5, 0.6) is 0 Å². The average Bonchev–Trinajstić information content (AvgIpc) is 1.03. The molecule has 0 saturated carbocycles. The van der Waals surface area contributed by atoms with Crippen molar-refractivity contribution >= 4 is 56.7 Å². The quantitative estimate of drug-likeness (QED) is 0.0703. The van der Waals surface area contributed by atoms with E-state index >= 15 is 0 Å². The van der Waals surface area contributed by atoms with E-state index in [0.29, 0.717) is 118 Å². The lowest BCUT2D eigenvalue weighted by Gasteiger charge is -2.07. The van der Waals surface area contributed by atoms with Crippen LogP contribution in [0.15, 0.2) is 97.0 Å². The molecule has 0 aliphatic rings. The van der Waals surface area contributed by atoms with E-state index in [9.17, 15) is 0 Å². The molecule has 14 nitrogen and oxygen atoms in total. The summed E-state index contributed by atoms with van der Waals surface area (Å²) in [6.45, 7) is 86.5. The molecular formula is C96H156N14S5. The molecule has 19 heteroatoms. The first-order valence-electron chi connectivity index (χ1n) is 42.6. The van der Waals surface area contributed by atoms with Gasteiger partial charge in [-0.15, -0.1) is 66.9 Å². The molecule has 10 aromatic rings. The maximum atomic E-state index is 4.53. The van der Waals surface area contributed by atoms with Crippen LogP contribution in [-0.4, -0.2) is 70.0 Å². The third-order valence-corrected chi connectivity index (χ3v) is 24.7. The highest BCUT2D eigenvalue weighted by molar-refractivity contribution is 7.12. The van der Waals surface area contributed by atoms with E-state index in [0.717, 1.165) is 27.5 Å². The average molecular weight is 1670 g/mol. The molecule has 0 bridgehead atoms. The van der Waals surface area contributed by atoms with Crippen molar-refractivity contribution in [2.24, 2.45) is 0 Å². The lowest BCUT2D eigenvalue weighted by molar-refractivity contribution is 0.754. The number of hydrogen-bond donors (Lipinski definition) is 0. The van der Waals surface area contributed by atoms with Crippen molar-refractivity contribution in [1.29, 1.82) is 0 Å². The van der Waals surface area contributed by atoms with E-state index in [4.69, 9.17) is 0 Å². The third kappa shape index (κ3) is 42.2. The van der Waals surface area contributed by atoms with Gasteiger partial charge in [-0.25, -0.2) is 49.8 Å². The fourth-order valence-corrected chi connectivity index (χ4v) is 13.8. The molecule has 0 aliphatic carbocycles. The van der Waals surface area contributed by atoms with Crippen molar-refractivity contribution in [2.75, 3.05) is 0 Å². The van der Waals surface area contributed by atoms with Gasteiger partial charge in [-0.1, -0.05) is 289 Å². The first-order valence-corrected chi connectivity index (χ1v) is 46.8. The van der Waals surface area contributed by atoms with E-state index in [2.05, 4.69) is 382 Å². The fourth-order valence-electron chi connectivity index (χ4n) is 9.08. The summed E-state index contributed by atoms with van der Waals surface area (Å²) in [6, 6.07) is 8.60. The zero-order chi connectivity index (χ0) is 87.8. The Balaban J connectivity index is 0.000000639. The summed E-state index contributed by atoms with van der Waals surface area (Å²) in [5, 5.41) is 19.9. The van der Waals surface area contributed by atoms with Crippen LogP contribution in [0, 0.1) is 0 Å². The minimum absolute atomic E-state index is 0.422. The topological polar surface area (TPSA) is 180 Å². The lowest BCUT2D eigenvalue weighted by Crippen LogP contribution is -1.99. The summed E-state index contributed by atoms with van der Waals surface area (Å²) < 4.78 is 0. The summed E-state index contributed by atoms with van der Waals surface area (Å²) >= 11 is 8.95. The van der Waals surface area contributed by atoms with Gasteiger partial charge in [0.2, 0.25) is 0 Å². The van der Waals surface area contributed by atoms with Gasteiger partial charge in [-0.3, -0.25) is 9.97 Å². The van der Waals surface area contributed by atoms with Crippen molar-refractivity contribution in [2.45, 2.75) is 395 Å². The number of hydrogen-bond acceptors (Lipinski definition) is 19. The zero-order valence-corrected chi connectivity index (χ0v) is 83.2.